The standard InChI is InChI=1S/C20H38N2O5Si2/c1-13-12-22(19(25)21-18(13)24)16-10-15(27-29(8,9)20(2,3)4)14(26-16)11-17(23)28(5,6)7/h12,14-17,23H,10-11H2,1-9H3,(H,21,24,25)/t14-,15+,16-,17?/m1/s1. The van der Waals surface area contributed by atoms with Crippen LogP contribution >= 0.6 is 0 Å². The van der Waals surface area contributed by atoms with Crippen molar-refractivity contribution in [2.45, 2.75) is 102 Å². The zero-order valence-corrected chi connectivity index (χ0v) is 21.3. The van der Waals surface area contributed by atoms with E-state index in [1.54, 1.807) is 13.1 Å². The monoisotopic (exact) mass is 442 g/mol. The van der Waals surface area contributed by atoms with E-state index in [1.807, 2.05) is 0 Å². The van der Waals surface area contributed by atoms with Gasteiger partial charge in [-0.05, 0) is 31.5 Å². The number of hydrogen-bond acceptors (Lipinski definition) is 5. The number of aromatic amines is 1. The molecule has 2 N–H and O–H groups in total. The highest BCUT2D eigenvalue weighted by molar-refractivity contribution is 6.77. The minimum absolute atomic E-state index is 0.0401. The Morgan fingerprint density at radius 3 is 2.38 bits per heavy atom. The van der Waals surface area contributed by atoms with E-state index in [9.17, 15) is 14.7 Å². The molecule has 0 aliphatic carbocycles. The summed E-state index contributed by atoms with van der Waals surface area (Å²) in [5.41, 5.74) is -0.835. The summed E-state index contributed by atoms with van der Waals surface area (Å²) in [4.78, 5) is 26.5. The lowest BCUT2D eigenvalue weighted by Crippen LogP contribution is -2.48. The number of aromatic nitrogens is 2. The molecule has 0 amide bonds. The molecule has 0 saturated carbocycles. The molecule has 2 heterocycles. The third kappa shape index (κ3) is 5.58. The number of aryl methyl sites for hydroxylation is 1. The lowest BCUT2D eigenvalue weighted by molar-refractivity contribution is -0.0334. The number of aliphatic hydroxyl groups is 1. The third-order valence-corrected chi connectivity index (χ3v) is 13.1. The summed E-state index contributed by atoms with van der Waals surface area (Å²) in [6.07, 6.45) is 1.53. The first-order chi connectivity index (χ1) is 13.0. The Morgan fingerprint density at radius 1 is 1.28 bits per heavy atom. The van der Waals surface area contributed by atoms with E-state index in [0.717, 1.165) is 0 Å². The Kier molecular flexibility index (Phi) is 6.91. The molecule has 0 bridgehead atoms. The molecule has 166 valence electrons. The molecule has 9 heteroatoms. The molecule has 0 spiro atoms. The van der Waals surface area contributed by atoms with Gasteiger partial charge in [0.2, 0.25) is 0 Å². The molecule has 0 radical (unpaired) electrons. The van der Waals surface area contributed by atoms with Gasteiger partial charge in [-0.15, -0.1) is 0 Å². The predicted molar refractivity (Wildman–Crippen MR) is 121 cm³/mol. The van der Waals surface area contributed by atoms with Crippen LogP contribution < -0.4 is 11.2 Å². The lowest BCUT2D eigenvalue weighted by atomic mass is 10.1. The molecule has 1 unspecified atom stereocenters. The van der Waals surface area contributed by atoms with Crippen LogP contribution in [-0.4, -0.2) is 49.0 Å². The van der Waals surface area contributed by atoms with E-state index in [0.29, 0.717) is 18.4 Å². The van der Waals surface area contributed by atoms with Crippen LogP contribution in [0.3, 0.4) is 0 Å². The summed E-state index contributed by atoms with van der Waals surface area (Å²) in [5.74, 6) is 0. The molecule has 0 aromatic carbocycles. The normalized spacial score (nSPS) is 24.7. The van der Waals surface area contributed by atoms with Crippen molar-refractivity contribution in [3.05, 3.63) is 32.6 Å². The van der Waals surface area contributed by atoms with Crippen LogP contribution in [0.25, 0.3) is 0 Å². The molecule has 1 aliphatic heterocycles. The molecular formula is C20H38N2O5Si2. The molecule has 1 fully saturated rings. The molecule has 29 heavy (non-hydrogen) atoms. The van der Waals surface area contributed by atoms with Gasteiger partial charge in [0.05, 0.1) is 20.3 Å². The number of nitrogens with zero attached hydrogens (tertiary/aromatic N) is 1. The molecule has 7 nitrogen and oxygen atoms in total. The average molecular weight is 443 g/mol. The van der Waals surface area contributed by atoms with Gasteiger partial charge >= 0.3 is 5.69 Å². The second kappa shape index (κ2) is 8.26. The van der Waals surface area contributed by atoms with Gasteiger partial charge in [0.25, 0.3) is 5.56 Å². The molecule has 1 aliphatic rings. The number of rotatable bonds is 6. The van der Waals surface area contributed by atoms with E-state index in [2.05, 4.69) is 58.5 Å². The third-order valence-electron chi connectivity index (χ3n) is 6.34. The van der Waals surface area contributed by atoms with Crippen molar-refractivity contribution in [2.24, 2.45) is 0 Å². The lowest BCUT2D eigenvalue weighted by Gasteiger charge is -2.39. The topological polar surface area (TPSA) is 93.6 Å². The van der Waals surface area contributed by atoms with Gasteiger partial charge in [-0.3, -0.25) is 14.3 Å². The van der Waals surface area contributed by atoms with Gasteiger partial charge in [0, 0.05) is 23.9 Å². The summed E-state index contributed by atoms with van der Waals surface area (Å²) in [6.45, 7) is 19.0. The smallest absolute Gasteiger partial charge is 0.330 e. The number of aliphatic hydroxyl groups excluding tert-OH is 1. The summed E-state index contributed by atoms with van der Waals surface area (Å²) >= 11 is 0. The maximum atomic E-state index is 12.4. The van der Waals surface area contributed by atoms with Crippen LogP contribution in [0.4, 0.5) is 0 Å². The fraction of sp³-hybridized carbons (Fsp3) is 0.800. The van der Waals surface area contributed by atoms with E-state index < -0.39 is 34.0 Å². The highest BCUT2D eigenvalue weighted by Crippen LogP contribution is 2.41. The van der Waals surface area contributed by atoms with Crippen molar-refractivity contribution in [1.29, 1.82) is 0 Å². The Bertz CT molecular complexity index is 835. The van der Waals surface area contributed by atoms with Crippen molar-refractivity contribution in [2.75, 3.05) is 0 Å². The maximum Gasteiger partial charge on any atom is 0.330 e. The van der Waals surface area contributed by atoms with Crippen molar-refractivity contribution in [1.82, 2.24) is 9.55 Å². The first kappa shape index (κ1) is 24.3. The molecule has 4 atom stereocenters. The zero-order valence-electron chi connectivity index (χ0n) is 19.3. The van der Waals surface area contributed by atoms with Crippen LogP contribution in [0.1, 0.15) is 45.4 Å². The number of hydrogen-bond donors (Lipinski definition) is 2. The summed E-state index contributed by atoms with van der Waals surface area (Å²) in [7, 11) is -3.83. The minimum Gasteiger partial charge on any atom is -0.411 e. The zero-order chi connectivity index (χ0) is 22.4. The van der Waals surface area contributed by atoms with Crippen molar-refractivity contribution >= 4 is 16.4 Å². The fourth-order valence-corrected chi connectivity index (χ4v) is 5.43. The van der Waals surface area contributed by atoms with E-state index >= 15 is 0 Å². The first-order valence-corrected chi connectivity index (χ1v) is 16.8. The second-order valence-corrected chi connectivity index (χ2v) is 21.0. The minimum atomic E-state index is -2.07. The first-order valence-electron chi connectivity index (χ1n) is 10.4. The highest BCUT2D eigenvalue weighted by Gasteiger charge is 2.46. The molecule has 1 saturated heterocycles. The average Bonchev–Trinajstić information content (AvgIpc) is 2.90. The van der Waals surface area contributed by atoms with Crippen molar-refractivity contribution < 1.29 is 14.3 Å². The largest absolute Gasteiger partial charge is 0.411 e. The molecule has 1 aromatic rings. The van der Waals surface area contributed by atoms with Gasteiger partial charge in [-0.2, -0.15) is 0 Å². The maximum absolute atomic E-state index is 12.4. The van der Waals surface area contributed by atoms with Crippen LogP contribution in [0.5, 0.6) is 0 Å². The Balaban J connectivity index is 2.34. The van der Waals surface area contributed by atoms with Crippen molar-refractivity contribution in [3.63, 3.8) is 0 Å². The SMILES string of the molecule is Cc1cn([C@H]2C[C@H](O[Si](C)(C)C(C)(C)C)[C@@H](CC(O)[Si](C)(C)C)O2)c(=O)[nH]c1=O. The van der Waals surface area contributed by atoms with E-state index in [1.165, 1.54) is 4.57 Å². The fourth-order valence-electron chi connectivity index (χ4n) is 3.13. The predicted octanol–water partition coefficient (Wildman–Crippen LogP) is 3.15. The van der Waals surface area contributed by atoms with Crippen LogP contribution in [0.2, 0.25) is 37.8 Å². The number of ether oxygens (including phenoxy) is 1. The van der Waals surface area contributed by atoms with Gasteiger partial charge in [-0.1, -0.05) is 40.4 Å². The summed E-state index contributed by atoms with van der Waals surface area (Å²) < 4.78 is 14.4. The Morgan fingerprint density at radius 2 is 1.86 bits per heavy atom. The number of H-pyrrole nitrogens is 1. The van der Waals surface area contributed by atoms with Crippen molar-refractivity contribution in [3.8, 4) is 0 Å². The van der Waals surface area contributed by atoms with Gasteiger partial charge < -0.3 is 14.3 Å². The van der Waals surface area contributed by atoms with Gasteiger partial charge in [-0.25, -0.2) is 4.79 Å². The second-order valence-electron chi connectivity index (χ2n) is 10.9. The molecule has 2 rings (SSSR count). The quantitative estimate of drug-likeness (QED) is 0.660. The summed E-state index contributed by atoms with van der Waals surface area (Å²) in [6, 6.07) is 0. The van der Waals surface area contributed by atoms with Gasteiger partial charge in [0.15, 0.2) is 8.32 Å². The molecular weight excluding hydrogens is 404 g/mol. The Labute approximate surface area is 175 Å². The van der Waals surface area contributed by atoms with Crippen LogP contribution in [-0.2, 0) is 9.16 Å². The van der Waals surface area contributed by atoms with E-state index in [4.69, 9.17) is 9.16 Å². The number of nitrogens with one attached hydrogen (secondary N) is 1. The Hall–Kier alpha value is -1.01. The summed E-state index contributed by atoms with van der Waals surface area (Å²) in [5, 5.41) is 10.8. The highest BCUT2D eigenvalue weighted by atomic mass is 28.4. The van der Waals surface area contributed by atoms with Crippen LogP contribution in [0.15, 0.2) is 15.8 Å². The van der Waals surface area contributed by atoms with E-state index in [-0.39, 0.29) is 22.8 Å². The molecule has 1 aromatic heterocycles. The van der Waals surface area contributed by atoms with Crippen LogP contribution in [0, 0.1) is 6.92 Å². The van der Waals surface area contributed by atoms with Gasteiger partial charge in [0.1, 0.15) is 6.23 Å².